The zero-order valence-corrected chi connectivity index (χ0v) is 13.3. The van der Waals surface area contributed by atoms with E-state index in [1.54, 1.807) is 36.4 Å². The van der Waals surface area contributed by atoms with Gasteiger partial charge < -0.3 is 15.4 Å². The first kappa shape index (κ1) is 16.7. The van der Waals surface area contributed by atoms with Crippen molar-refractivity contribution in [2.45, 2.75) is 6.42 Å². The molecule has 2 amide bonds. The van der Waals surface area contributed by atoms with Gasteiger partial charge in [0, 0.05) is 18.5 Å². The van der Waals surface area contributed by atoms with Crippen molar-refractivity contribution in [2.75, 3.05) is 19.0 Å². The summed E-state index contributed by atoms with van der Waals surface area (Å²) in [4.78, 5) is 35.3. The van der Waals surface area contributed by atoms with E-state index in [0.29, 0.717) is 15.4 Å². The highest BCUT2D eigenvalue weighted by molar-refractivity contribution is 7.18. The minimum absolute atomic E-state index is 0.143. The van der Waals surface area contributed by atoms with Crippen molar-refractivity contribution < 1.29 is 19.1 Å². The Morgan fingerprint density at radius 3 is 2.52 bits per heavy atom. The third-order valence-corrected chi connectivity index (χ3v) is 3.91. The van der Waals surface area contributed by atoms with Crippen LogP contribution in [0.3, 0.4) is 0 Å². The van der Waals surface area contributed by atoms with Crippen molar-refractivity contribution in [3.05, 3.63) is 52.9 Å². The summed E-state index contributed by atoms with van der Waals surface area (Å²) in [6, 6.07) is 12.0. The van der Waals surface area contributed by atoms with Crippen LogP contribution in [-0.2, 0) is 9.53 Å². The summed E-state index contributed by atoms with van der Waals surface area (Å²) in [6.45, 7) is 0.231. The topological polar surface area (TPSA) is 84.5 Å². The number of thiophene rings is 1. The molecule has 2 N–H and O–H groups in total. The van der Waals surface area contributed by atoms with Gasteiger partial charge in [-0.25, -0.2) is 4.79 Å². The van der Waals surface area contributed by atoms with Crippen molar-refractivity contribution in [2.24, 2.45) is 0 Å². The van der Waals surface area contributed by atoms with Crippen LogP contribution in [0.1, 0.15) is 26.5 Å². The molecule has 0 bridgehead atoms. The Bertz CT molecular complexity index is 697. The van der Waals surface area contributed by atoms with Gasteiger partial charge in [0.1, 0.15) is 4.88 Å². The molecule has 7 heteroatoms. The van der Waals surface area contributed by atoms with Crippen molar-refractivity contribution in [3.8, 4) is 0 Å². The average Bonchev–Trinajstić information content (AvgIpc) is 3.03. The number of ether oxygens (including phenoxy) is 1. The number of carbonyl (C=O) groups is 3. The SMILES string of the molecule is COC(=O)c1ccc(NC(=O)CCNC(=O)c2ccccc2)s1. The van der Waals surface area contributed by atoms with Crippen molar-refractivity contribution in [1.82, 2.24) is 5.32 Å². The van der Waals surface area contributed by atoms with Gasteiger partial charge in [-0.3, -0.25) is 9.59 Å². The molecule has 1 aromatic carbocycles. The Labute approximate surface area is 137 Å². The van der Waals surface area contributed by atoms with Crippen LogP contribution in [0.5, 0.6) is 0 Å². The number of carbonyl (C=O) groups excluding carboxylic acids is 3. The van der Waals surface area contributed by atoms with E-state index in [1.807, 2.05) is 6.07 Å². The standard InChI is InChI=1S/C16H16N2O4S/c1-22-16(21)12-7-8-14(23-12)18-13(19)9-10-17-15(20)11-5-3-2-4-6-11/h2-8H,9-10H2,1H3,(H,17,20)(H,18,19). The summed E-state index contributed by atoms with van der Waals surface area (Å²) in [5, 5.41) is 5.91. The van der Waals surface area contributed by atoms with Crippen LogP contribution < -0.4 is 10.6 Å². The zero-order chi connectivity index (χ0) is 16.7. The summed E-state index contributed by atoms with van der Waals surface area (Å²) >= 11 is 1.14. The molecule has 6 nitrogen and oxygen atoms in total. The lowest BCUT2D eigenvalue weighted by molar-refractivity contribution is -0.116. The van der Waals surface area contributed by atoms with Crippen molar-refractivity contribution >= 4 is 34.1 Å². The minimum Gasteiger partial charge on any atom is -0.465 e. The molecule has 2 rings (SSSR count). The molecule has 1 aromatic heterocycles. The second-order valence-electron chi connectivity index (χ2n) is 4.58. The third kappa shape index (κ3) is 4.93. The predicted molar refractivity (Wildman–Crippen MR) is 87.7 cm³/mol. The first-order chi connectivity index (χ1) is 11.1. The lowest BCUT2D eigenvalue weighted by Gasteiger charge is -2.05. The summed E-state index contributed by atoms with van der Waals surface area (Å²) in [7, 11) is 1.30. The zero-order valence-electron chi connectivity index (χ0n) is 12.5. The molecule has 0 fully saturated rings. The Balaban J connectivity index is 1.76. The number of anilines is 1. The maximum absolute atomic E-state index is 11.8. The van der Waals surface area contributed by atoms with Gasteiger partial charge in [0.15, 0.2) is 0 Å². The second-order valence-corrected chi connectivity index (χ2v) is 5.66. The highest BCUT2D eigenvalue weighted by atomic mass is 32.1. The van der Waals surface area contributed by atoms with Crippen molar-refractivity contribution in [1.29, 1.82) is 0 Å². The molecule has 1 heterocycles. The molecule has 0 aliphatic heterocycles. The summed E-state index contributed by atoms with van der Waals surface area (Å²) in [5.41, 5.74) is 0.550. The summed E-state index contributed by atoms with van der Waals surface area (Å²) in [5.74, 6) is -0.898. The van der Waals surface area contributed by atoms with E-state index in [2.05, 4.69) is 15.4 Å². The van der Waals surface area contributed by atoms with E-state index >= 15 is 0 Å². The molecule has 0 atom stereocenters. The maximum atomic E-state index is 11.8. The molecule has 0 radical (unpaired) electrons. The normalized spacial score (nSPS) is 9.96. The fourth-order valence-corrected chi connectivity index (χ4v) is 2.64. The fourth-order valence-electron chi connectivity index (χ4n) is 1.80. The van der Waals surface area contributed by atoms with Crippen LogP contribution in [-0.4, -0.2) is 31.4 Å². The fraction of sp³-hybridized carbons (Fsp3) is 0.188. The van der Waals surface area contributed by atoms with E-state index in [4.69, 9.17) is 0 Å². The molecule has 0 spiro atoms. The maximum Gasteiger partial charge on any atom is 0.348 e. The largest absolute Gasteiger partial charge is 0.465 e. The Morgan fingerprint density at radius 2 is 1.83 bits per heavy atom. The number of rotatable bonds is 6. The number of hydrogen-bond acceptors (Lipinski definition) is 5. The van der Waals surface area contributed by atoms with Gasteiger partial charge in [0.25, 0.3) is 5.91 Å². The Morgan fingerprint density at radius 1 is 1.09 bits per heavy atom. The molecular formula is C16H16N2O4S. The molecular weight excluding hydrogens is 316 g/mol. The number of amides is 2. The monoisotopic (exact) mass is 332 g/mol. The van der Waals surface area contributed by atoms with Crippen LogP contribution in [0.15, 0.2) is 42.5 Å². The molecule has 23 heavy (non-hydrogen) atoms. The van der Waals surface area contributed by atoms with Gasteiger partial charge in [0.05, 0.1) is 12.1 Å². The van der Waals surface area contributed by atoms with E-state index in [0.717, 1.165) is 11.3 Å². The predicted octanol–water partition coefficient (Wildman–Crippen LogP) is 2.29. The van der Waals surface area contributed by atoms with Gasteiger partial charge in [0.2, 0.25) is 5.91 Å². The molecule has 0 unspecified atom stereocenters. The van der Waals surface area contributed by atoms with E-state index in [1.165, 1.54) is 7.11 Å². The number of benzene rings is 1. The first-order valence-electron chi connectivity index (χ1n) is 6.91. The number of esters is 1. The molecule has 0 aliphatic carbocycles. The lowest BCUT2D eigenvalue weighted by atomic mass is 10.2. The Kier molecular flexibility index (Phi) is 5.87. The second kappa shape index (κ2) is 8.09. The third-order valence-electron chi connectivity index (χ3n) is 2.93. The lowest BCUT2D eigenvalue weighted by Crippen LogP contribution is -2.27. The van der Waals surface area contributed by atoms with Crippen molar-refractivity contribution in [3.63, 3.8) is 0 Å². The number of methoxy groups -OCH3 is 1. The number of nitrogens with one attached hydrogen (secondary N) is 2. The van der Waals surface area contributed by atoms with Gasteiger partial charge in [-0.05, 0) is 24.3 Å². The molecule has 0 saturated heterocycles. The van der Waals surface area contributed by atoms with Gasteiger partial charge in [-0.15, -0.1) is 11.3 Å². The molecule has 0 aliphatic rings. The van der Waals surface area contributed by atoms with Crippen LogP contribution >= 0.6 is 11.3 Å². The van der Waals surface area contributed by atoms with E-state index in [9.17, 15) is 14.4 Å². The van der Waals surface area contributed by atoms with E-state index < -0.39 is 5.97 Å². The summed E-state index contributed by atoms with van der Waals surface area (Å²) in [6.07, 6.45) is 0.143. The summed E-state index contributed by atoms with van der Waals surface area (Å²) < 4.78 is 4.60. The Hall–Kier alpha value is -2.67. The first-order valence-corrected chi connectivity index (χ1v) is 7.73. The smallest absolute Gasteiger partial charge is 0.348 e. The van der Waals surface area contributed by atoms with Crippen LogP contribution in [0.25, 0.3) is 0 Å². The molecule has 2 aromatic rings. The quantitative estimate of drug-likeness (QED) is 0.795. The van der Waals surface area contributed by atoms with Crippen LogP contribution in [0, 0.1) is 0 Å². The highest BCUT2D eigenvalue weighted by Crippen LogP contribution is 2.22. The van der Waals surface area contributed by atoms with Crippen LogP contribution in [0.4, 0.5) is 5.00 Å². The minimum atomic E-state index is -0.439. The van der Waals surface area contributed by atoms with Gasteiger partial charge in [-0.1, -0.05) is 18.2 Å². The molecule has 0 saturated carbocycles. The average molecular weight is 332 g/mol. The molecule has 120 valence electrons. The van der Waals surface area contributed by atoms with Crippen LogP contribution in [0.2, 0.25) is 0 Å². The highest BCUT2D eigenvalue weighted by Gasteiger charge is 2.11. The van der Waals surface area contributed by atoms with E-state index in [-0.39, 0.29) is 24.8 Å². The number of hydrogen-bond donors (Lipinski definition) is 2. The van der Waals surface area contributed by atoms with Gasteiger partial charge in [-0.2, -0.15) is 0 Å². The van der Waals surface area contributed by atoms with Gasteiger partial charge >= 0.3 is 5.97 Å².